The lowest BCUT2D eigenvalue weighted by Gasteiger charge is -2.17. The third kappa shape index (κ3) is 3.62. The zero-order valence-electron chi connectivity index (χ0n) is 15.7. The number of nitrogens with zero attached hydrogens (tertiary/aromatic N) is 4. The van der Waals surface area contributed by atoms with Gasteiger partial charge in [-0.05, 0) is 37.5 Å². The van der Waals surface area contributed by atoms with E-state index in [4.69, 9.17) is 0 Å². The van der Waals surface area contributed by atoms with Crippen LogP contribution in [0.5, 0.6) is 0 Å². The molecular formula is C19H21FN6OS. The van der Waals surface area contributed by atoms with Gasteiger partial charge in [0.25, 0.3) is 5.91 Å². The van der Waals surface area contributed by atoms with E-state index in [0.29, 0.717) is 22.7 Å². The van der Waals surface area contributed by atoms with Gasteiger partial charge in [0.2, 0.25) is 5.95 Å². The summed E-state index contributed by atoms with van der Waals surface area (Å²) in [5, 5.41) is 7.19. The Hall–Kier alpha value is -2.81. The number of rotatable bonds is 5. The fourth-order valence-electron chi connectivity index (χ4n) is 3.27. The number of carbonyl (C=O) groups is 1. The summed E-state index contributed by atoms with van der Waals surface area (Å²) in [6, 6.07) is 3.06. The Balaban J connectivity index is 1.71. The number of amides is 1. The Morgan fingerprint density at radius 1 is 1.25 bits per heavy atom. The van der Waals surface area contributed by atoms with Crippen LogP contribution in [0, 0.1) is 5.82 Å². The number of fused-ring (bicyclic) bond motifs is 1. The molecule has 0 bridgehead atoms. The van der Waals surface area contributed by atoms with Crippen LogP contribution in [-0.4, -0.2) is 45.9 Å². The molecule has 1 unspecified atom stereocenters. The quantitative estimate of drug-likeness (QED) is 0.680. The first-order chi connectivity index (χ1) is 13.5. The Labute approximate surface area is 166 Å². The smallest absolute Gasteiger partial charge is 0.274 e. The van der Waals surface area contributed by atoms with E-state index >= 15 is 0 Å². The van der Waals surface area contributed by atoms with Crippen molar-refractivity contribution in [1.29, 1.82) is 0 Å². The molecule has 146 valence electrons. The summed E-state index contributed by atoms with van der Waals surface area (Å²) in [5.41, 5.74) is 1.79. The van der Waals surface area contributed by atoms with Crippen LogP contribution in [0.4, 0.5) is 15.3 Å². The minimum Gasteiger partial charge on any atom is -0.380 e. The Kier molecular flexibility index (Phi) is 5.08. The van der Waals surface area contributed by atoms with Crippen molar-refractivity contribution in [2.75, 3.05) is 30.8 Å². The van der Waals surface area contributed by atoms with Crippen molar-refractivity contribution in [3.63, 3.8) is 0 Å². The highest BCUT2D eigenvalue weighted by Gasteiger charge is 2.25. The Morgan fingerprint density at radius 2 is 2.04 bits per heavy atom. The zero-order valence-corrected chi connectivity index (χ0v) is 16.5. The molecule has 9 heteroatoms. The molecule has 1 atom stereocenters. The molecule has 1 aliphatic heterocycles. The topological polar surface area (TPSA) is 83.0 Å². The molecule has 3 aromatic rings. The van der Waals surface area contributed by atoms with Gasteiger partial charge >= 0.3 is 0 Å². The summed E-state index contributed by atoms with van der Waals surface area (Å²) >= 11 is 1.47. The third-order valence-electron chi connectivity index (χ3n) is 4.79. The van der Waals surface area contributed by atoms with Gasteiger partial charge in [0, 0.05) is 26.3 Å². The monoisotopic (exact) mass is 400 g/mol. The van der Waals surface area contributed by atoms with Crippen molar-refractivity contribution >= 4 is 38.4 Å². The second-order valence-corrected chi connectivity index (χ2v) is 7.82. The molecule has 1 aliphatic rings. The lowest BCUT2D eigenvalue weighted by Crippen LogP contribution is -2.28. The van der Waals surface area contributed by atoms with Crippen LogP contribution in [-0.2, 0) is 0 Å². The second-order valence-electron chi connectivity index (χ2n) is 6.77. The third-order valence-corrected chi connectivity index (χ3v) is 5.93. The second kappa shape index (κ2) is 7.67. The molecular weight excluding hydrogens is 379 g/mol. The van der Waals surface area contributed by atoms with Gasteiger partial charge in [-0.1, -0.05) is 0 Å². The van der Waals surface area contributed by atoms with Gasteiger partial charge in [-0.3, -0.25) is 9.78 Å². The molecule has 0 saturated carbocycles. The van der Waals surface area contributed by atoms with E-state index < -0.39 is 5.82 Å². The normalized spacial score (nSPS) is 15.0. The molecule has 0 radical (unpaired) electrons. The van der Waals surface area contributed by atoms with Crippen LogP contribution in [0.2, 0.25) is 0 Å². The number of likely N-dealkylation sites (tertiary alicyclic amines) is 1. The molecule has 0 aliphatic carbocycles. The largest absolute Gasteiger partial charge is 0.380 e. The van der Waals surface area contributed by atoms with E-state index in [1.807, 2.05) is 24.9 Å². The highest BCUT2D eigenvalue weighted by atomic mass is 32.1. The predicted octanol–water partition coefficient (Wildman–Crippen LogP) is 3.68. The van der Waals surface area contributed by atoms with Crippen molar-refractivity contribution in [1.82, 2.24) is 19.9 Å². The first-order valence-corrected chi connectivity index (χ1v) is 10.0. The van der Waals surface area contributed by atoms with Crippen LogP contribution >= 0.6 is 11.3 Å². The van der Waals surface area contributed by atoms with E-state index in [9.17, 15) is 9.18 Å². The molecule has 1 amide bonds. The summed E-state index contributed by atoms with van der Waals surface area (Å²) in [6.07, 6.45) is 4.79. The van der Waals surface area contributed by atoms with Gasteiger partial charge in [-0.15, -0.1) is 11.3 Å². The molecule has 2 N–H and O–H groups in total. The standard InChI is InChI=1S/C19H21FN6OS/c1-11(12-7-13(20)10-22-9-12)23-19-24-14-8-15(21-2)28-17(14)16(25-19)18(27)26-5-3-4-6-26/h7-11,21H,3-6H2,1-2H3,(H,23,24,25). The first kappa shape index (κ1) is 18.5. The summed E-state index contributed by atoms with van der Waals surface area (Å²) < 4.78 is 14.3. The van der Waals surface area contributed by atoms with Crippen molar-refractivity contribution < 1.29 is 9.18 Å². The number of carbonyl (C=O) groups excluding carboxylic acids is 1. The van der Waals surface area contributed by atoms with E-state index in [0.717, 1.165) is 41.8 Å². The molecule has 28 heavy (non-hydrogen) atoms. The minimum absolute atomic E-state index is 0.0717. The number of halogens is 1. The van der Waals surface area contributed by atoms with Gasteiger partial charge in [0.1, 0.15) is 5.82 Å². The van der Waals surface area contributed by atoms with E-state index in [2.05, 4.69) is 25.6 Å². The molecule has 0 spiro atoms. The summed E-state index contributed by atoms with van der Waals surface area (Å²) in [7, 11) is 1.83. The van der Waals surface area contributed by atoms with Crippen molar-refractivity contribution in [2.24, 2.45) is 0 Å². The van der Waals surface area contributed by atoms with Crippen LogP contribution in [0.1, 0.15) is 41.9 Å². The molecule has 1 saturated heterocycles. The fraction of sp³-hybridized carbons (Fsp3) is 0.368. The van der Waals surface area contributed by atoms with Gasteiger partial charge in [0.05, 0.1) is 27.5 Å². The fourth-order valence-corrected chi connectivity index (χ4v) is 4.21. The highest BCUT2D eigenvalue weighted by molar-refractivity contribution is 7.23. The summed E-state index contributed by atoms with van der Waals surface area (Å²) in [4.78, 5) is 27.9. The predicted molar refractivity (Wildman–Crippen MR) is 108 cm³/mol. The number of aromatic nitrogens is 3. The molecule has 0 aromatic carbocycles. The van der Waals surface area contributed by atoms with E-state index in [1.165, 1.54) is 17.4 Å². The van der Waals surface area contributed by atoms with Crippen molar-refractivity contribution in [3.05, 3.63) is 41.6 Å². The average molecular weight is 400 g/mol. The van der Waals surface area contributed by atoms with Crippen LogP contribution < -0.4 is 10.6 Å². The number of hydrogen-bond acceptors (Lipinski definition) is 7. The van der Waals surface area contributed by atoms with Crippen molar-refractivity contribution in [3.8, 4) is 0 Å². The number of thiophene rings is 1. The van der Waals surface area contributed by atoms with Gasteiger partial charge < -0.3 is 15.5 Å². The van der Waals surface area contributed by atoms with Crippen LogP contribution in [0.3, 0.4) is 0 Å². The Bertz CT molecular complexity index is 1020. The van der Waals surface area contributed by atoms with E-state index in [-0.39, 0.29) is 11.9 Å². The average Bonchev–Trinajstić information content (AvgIpc) is 3.36. The van der Waals surface area contributed by atoms with Crippen LogP contribution in [0.15, 0.2) is 24.5 Å². The molecule has 4 rings (SSSR count). The highest BCUT2D eigenvalue weighted by Crippen LogP contribution is 2.32. The number of nitrogens with one attached hydrogen (secondary N) is 2. The maximum Gasteiger partial charge on any atom is 0.274 e. The maximum atomic E-state index is 13.5. The molecule has 4 heterocycles. The number of anilines is 2. The van der Waals surface area contributed by atoms with Gasteiger partial charge in [-0.25, -0.2) is 14.4 Å². The zero-order chi connectivity index (χ0) is 19.7. The molecule has 1 fully saturated rings. The first-order valence-electron chi connectivity index (χ1n) is 9.20. The minimum atomic E-state index is -0.399. The van der Waals surface area contributed by atoms with Gasteiger partial charge in [0.15, 0.2) is 5.69 Å². The molecule has 7 nitrogen and oxygen atoms in total. The lowest BCUT2D eigenvalue weighted by molar-refractivity contribution is 0.0789. The summed E-state index contributed by atoms with van der Waals surface area (Å²) in [5.74, 6) is -0.131. The lowest BCUT2D eigenvalue weighted by atomic mass is 10.1. The molecule has 3 aromatic heterocycles. The van der Waals surface area contributed by atoms with Crippen LogP contribution in [0.25, 0.3) is 10.2 Å². The number of pyridine rings is 1. The van der Waals surface area contributed by atoms with Gasteiger partial charge in [-0.2, -0.15) is 0 Å². The SMILES string of the molecule is CNc1cc2nc(NC(C)c3cncc(F)c3)nc(C(=O)N3CCCC3)c2s1. The Morgan fingerprint density at radius 3 is 2.75 bits per heavy atom. The van der Waals surface area contributed by atoms with Crippen molar-refractivity contribution in [2.45, 2.75) is 25.8 Å². The maximum absolute atomic E-state index is 13.5. The number of hydrogen-bond donors (Lipinski definition) is 2. The van der Waals surface area contributed by atoms with E-state index in [1.54, 1.807) is 6.20 Å². The summed E-state index contributed by atoms with van der Waals surface area (Å²) in [6.45, 7) is 3.38.